The predicted octanol–water partition coefficient (Wildman–Crippen LogP) is 4.82. The van der Waals surface area contributed by atoms with Gasteiger partial charge in [-0.25, -0.2) is 25.6 Å². The molecule has 0 amide bonds. The second kappa shape index (κ2) is 8.58. The molecule has 0 radical (unpaired) electrons. The largest absolute Gasteiger partial charge is 0.489 e. The molecule has 2 atom stereocenters. The van der Waals surface area contributed by atoms with Crippen LogP contribution in [-0.2, 0) is 30.6 Å². The zero-order valence-electron chi connectivity index (χ0n) is 18.4. The minimum absolute atomic E-state index is 0.159. The minimum Gasteiger partial charge on any atom is -0.489 e. The zero-order valence-corrected chi connectivity index (χ0v) is 20.0. The average Bonchev–Trinajstić information content (AvgIpc) is 2.78. The standard InChI is InChI=1S/C23H21F5O5S2/c1-34(29,30)12-10-14-3-2-11-22(17(14)13-33-21-19(25)9-8-18(24)20(21)22)35(31,32)16-6-4-15(5-7-16)23(26,27)28/h4-10,17H,2-3,11-13H2,1H3/b14-10+/t17-,22-/m1/s1. The van der Waals surface area contributed by atoms with Crippen molar-refractivity contribution in [2.45, 2.75) is 35.1 Å². The van der Waals surface area contributed by atoms with E-state index in [0.717, 1.165) is 30.5 Å². The van der Waals surface area contributed by atoms with E-state index in [1.807, 2.05) is 0 Å². The van der Waals surface area contributed by atoms with Crippen LogP contribution in [0.4, 0.5) is 22.0 Å². The second-order valence-corrected chi connectivity index (χ2v) is 13.1. The lowest BCUT2D eigenvalue weighted by atomic mass is 9.70. The first-order chi connectivity index (χ1) is 16.2. The van der Waals surface area contributed by atoms with E-state index < -0.39 is 75.7 Å². The third kappa shape index (κ3) is 4.35. The highest BCUT2D eigenvalue weighted by Gasteiger charge is 2.59. The summed E-state index contributed by atoms with van der Waals surface area (Å²) in [7, 11) is -8.10. The summed E-state index contributed by atoms with van der Waals surface area (Å²) in [5.74, 6) is -4.05. The highest BCUT2D eigenvalue weighted by Crippen LogP contribution is 2.58. The van der Waals surface area contributed by atoms with Gasteiger partial charge in [0.2, 0.25) is 0 Å². The van der Waals surface area contributed by atoms with Gasteiger partial charge in [-0.2, -0.15) is 13.2 Å². The van der Waals surface area contributed by atoms with Crippen LogP contribution in [0, 0.1) is 17.6 Å². The molecule has 0 spiro atoms. The summed E-state index contributed by atoms with van der Waals surface area (Å²) in [6, 6.07) is 4.40. The molecule has 5 nitrogen and oxygen atoms in total. The average molecular weight is 537 g/mol. The second-order valence-electron chi connectivity index (χ2n) is 8.74. The number of alkyl halides is 3. The van der Waals surface area contributed by atoms with Crippen LogP contribution in [0.25, 0.3) is 0 Å². The summed E-state index contributed by atoms with van der Waals surface area (Å²) >= 11 is 0. The molecule has 1 fully saturated rings. The van der Waals surface area contributed by atoms with Crippen LogP contribution in [0.5, 0.6) is 5.75 Å². The lowest BCUT2D eigenvalue weighted by Crippen LogP contribution is -2.51. The molecule has 2 aromatic carbocycles. The minimum atomic E-state index is -4.70. The monoisotopic (exact) mass is 536 g/mol. The molecule has 1 aliphatic heterocycles. The summed E-state index contributed by atoms with van der Waals surface area (Å²) in [5.41, 5.74) is -1.20. The Morgan fingerprint density at radius 3 is 2.26 bits per heavy atom. The van der Waals surface area contributed by atoms with E-state index in [1.54, 1.807) is 0 Å². The first-order valence-corrected chi connectivity index (χ1v) is 14.1. The molecule has 1 heterocycles. The maximum atomic E-state index is 15.3. The Kier molecular flexibility index (Phi) is 6.28. The topological polar surface area (TPSA) is 77.5 Å². The molecule has 2 aromatic rings. The molecule has 190 valence electrons. The van der Waals surface area contributed by atoms with E-state index in [-0.39, 0.29) is 19.4 Å². The number of hydrogen-bond acceptors (Lipinski definition) is 5. The normalized spacial score (nSPS) is 23.9. The lowest BCUT2D eigenvalue weighted by molar-refractivity contribution is -0.137. The molecular weight excluding hydrogens is 515 g/mol. The summed E-state index contributed by atoms with van der Waals surface area (Å²) in [6.07, 6.45) is -1.99. The highest BCUT2D eigenvalue weighted by molar-refractivity contribution is 7.92. The summed E-state index contributed by atoms with van der Waals surface area (Å²) < 4.78 is 124. The van der Waals surface area contributed by atoms with E-state index in [0.29, 0.717) is 24.1 Å². The molecule has 1 aliphatic carbocycles. The van der Waals surface area contributed by atoms with Gasteiger partial charge in [-0.3, -0.25) is 0 Å². The number of hydrogen-bond donors (Lipinski definition) is 0. The third-order valence-electron chi connectivity index (χ3n) is 6.52. The van der Waals surface area contributed by atoms with Gasteiger partial charge in [0, 0.05) is 12.2 Å². The SMILES string of the molecule is CS(=O)(=O)C/C=C1\CCC[C@]2(S(=O)(=O)c3ccc(C(F)(F)F)cc3)c3c(F)ccc(F)c3OC[C@H]12. The number of fused-ring (bicyclic) bond motifs is 3. The van der Waals surface area contributed by atoms with Crippen LogP contribution in [-0.4, -0.2) is 35.5 Å². The van der Waals surface area contributed by atoms with Gasteiger partial charge in [0.25, 0.3) is 0 Å². The molecule has 0 aromatic heterocycles. The van der Waals surface area contributed by atoms with Gasteiger partial charge in [0.05, 0.1) is 28.4 Å². The Labute approximate surface area is 199 Å². The third-order valence-corrected chi connectivity index (χ3v) is 9.84. The van der Waals surface area contributed by atoms with Crippen molar-refractivity contribution >= 4 is 19.7 Å². The number of rotatable bonds is 4. The van der Waals surface area contributed by atoms with Crippen molar-refractivity contribution in [1.29, 1.82) is 0 Å². The van der Waals surface area contributed by atoms with E-state index in [4.69, 9.17) is 4.74 Å². The summed E-state index contributed by atoms with van der Waals surface area (Å²) in [5, 5.41) is 0. The maximum Gasteiger partial charge on any atom is 0.416 e. The molecule has 0 N–H and O–H groups in total. The molecular formula is C23H21F5O5S2. The number of halogens is 5. The molecule has 1 saturated carbocycles. The van der Waals surface area contributed by atoms with Crippen LogP contribution in [0.1, 0.15) is 30.4 Å². The Bertz CT molecular complexity index is 1400. The maximum absolute atomic E-state index is 15.3. The highest BCUT2D eigenvalue weighted by atomic mass is 32.2. The fourth-order valence-electron chi connectivity index (χ4n) is 4.97. The summed E-state index contributed by atoms with van der Waals surface area (Å²) in [6.45, 7) is -0.372. The van der Waals surface area contributed by atoms with Crippen LogP contribution < -0.4 is 4.74 Å². The van der Waals surface area contributed by atoms with Crippen LogP contribution in [0.15, 0.2) is 52.9 Å². The van der Waals surface area contributed by atoms with Crippen molar-refractivity contribution < 1.29 is 43.5 Å². The summed E-state index contributed by atoms with van der Waals surface area (Å²) in [4.78, 5) is -0.489. The van der Waals surface area contributed by atoms with Crippen LogP contribution >= 0.6 is 0 Å². The quantitative estimate of drug-likeness (QED) is 0.414. The molecule has 12 heteroatoms. The number of sulfone groups is 2. The lowest BCUT2D eigenvalue weighted by Gasteiger charge is -2.48. The molecule has 35 heavy (non-hydrogen) atoms. The number of ether oxygens (including phenoxy) is 1. The molecule has 4 rings (SSSR count). The van der Waals surface area contributed by atoms with Crippen molar-refractivity contribution in [3.8, 4) is 5.75 Å². The fraction of sp³-hybridized carbons (Fsp3) is 0.391. The fourth-order valence-corrected chi connectivity index (χ4v) is 7.87. The predicted molar refractivity (Wildman–Crippen MR) is 117 cm³/mol. The Balaban J connectivity index is 1.98. The Hall–Kier alpha value is -2.47. The number of benzene rings is 2. The molecule has 2 aliphatic rings. The van der Waals surface area contributed by atoms with E-state index in [9.17, 15) is 34.4 Å². The van der Waals surface area contributed by atoms with E-state index in [1.165, 1.54) is 6.08 Å². The zero-order chi connectivity index (χ0) is 25.8. The molecule has 0 bridgehead atoms. The van der Waals surface area contributed by atoms with Crippen LogP contribution in [0.3, 0.4) is 0 Å². The first kappa shape index (κ1) is 25.6. The van der Waals surface area contributed by atoms with Gasteiger partial charge in [-0.05, 0) is 55.7 Å². The Morgan fingerprint density at radius 1 is 1.03 bits per heavy atom. The van der Waals surface area contributed by atoms with Crippen molar-refractivity contribution in [3.63, 3.8) is 0 Å². The van der Waals surface area contributed by atoms with Crippen molar-refractivity contribution in [3.05, 3.63) is 70.8 Å². The van der Waals surface area contributed by atoms with Gasteiger partial charge in [-0.15, -0.1) is 0 Å². The van der Waals surface area contributed by atoms with Crippen LogP contribution in [0.2, 0.25) is 0 Å². The van der Waals surface area contributed by atoms with Gasteiger partial charge in [0.15, 0.2) is 31.2 Å². The van der Waals surface area contributed by atoms with E-state index >= 15 is 4.39 Å². The van der Waals surface area contributed by atoms with Gasteiger partial charge < -0.3 is 4.74 Å². The van der Waals surface area contributed by atoms with Gasteiger partial charge >= 0.3 is 6.18 Å². The van der Waals surface area contributed by atoms with Gasteiger partial charge in [0.1, 0.15) is 10.6 Å². The smallest absolute Gasteiger partial charge is 0.416 e. The first-order valence-electron chi connectivity index (χ1n) is 10.6. The van der Waals surface area contributed by atoms with Crippen molar-refractivity contribution in [1.82, 2.24) is 0 Å². The van der Waals surface area contributed by atoms with E-state index in [2.05, 4.69) is 0 Å². The molecule has 0 saturated heterocycles. The van der Waals surface area contributed by atoms with Crippen molar-refractivity contribution in [2.75, 3.05) is 18.6 Å². The van der Waals surface area contributed by atoms with Crippen molar-refractivity contribution in [2.24, 2.45) is 5.92 Å². The van der Waals surface area contributed by atoms with Gasteiger partial charge in [-0.1, -0.05) is 11.6 Å². The Morgan fingerprint density at radius 2 is 1.66 bits per heavy atom. The molecule has 0 unspecified atom stereocenters.